The summed E-state index contributed by atoms with van der Waals surface area (Å²) in [5, 5.41) is 0. The van der Waals surface area contributed by atoms with Crippen molar-refractivity contribution < 1.29 is 9.53 Å². The third-order valence-corrected chi connectivity index (χ3v) is 4.07. The van der Waals surface area contributed by atoms with E-state index in [1.165, 1.54) is 25.7 Å². The summed E-state index contributed by atoms with van der Waals surface area (Å²) >= 11 is 0. The summed E-state index contributed by atoms with van der Waals surface area (Å²) in [6.07, 6.45) is 7.88. The molecule has 2 heterocycles. The van der Waals surface area contributed by atoms with Gasteiger partial charge in [0, 0.05) is 26.1 Å². The van der Waals surface area contributed by atoms with Crippen molar-refractivity contribution in [1.29, 1.82) is 0 Å². The van der Waals surface area contributed by atoms with Gasteiger partial charge in [0.25, 0.3) is 0 Å². The van der Waals surface area contributed by atoms with Crippen molar-refractivity contribution in [2.45, 2.75) is 58.0 Å². The Labute approximate surface area is 105 Å². The molecule has 2 atom stereocenters. The van der Waals surface area contributed by atoms with Crippen LogP contribution in [0, 0.1) is 5.92 Å². The fraction of sp³-hybridized carbons (Fsp3) is 0.929. The number of hydrogen-bond donors (Lipinski definition) is 0. The minimum absolute atomic E-state index is 0.342. The van der Waals surface area contributed by atoms with Crippen molar-refractivity contribution in [2.75, 3.05) is 19.7 Å². The van der Waals surface area contributed by atoms with Gasteiger partial charge in [0.15, 0.2) is 0 Å². The predicted molar refractivity (Wildman–Crippen MR) is 67.8 cm³/mol. The summed E-state index contributed by atoms with van der Waals surface area (Å²) in [4.78, 5) is 14.2. The van der Waals surface area contributed by atoms with Crippen LogP contribution in [0.5, 0.6) is 0 Å². The first-order valence-electron chi connectivity index (χ1n) is 7.15. The van der Waals surface area contributed by atoms with Crippen LogP contribution in [0.25, 0.3) is 0 Å². The van der Waals surface area contributed by atoms with E-state index in [-0.39, 0.29) is 0 Å². The van der Waals surface area contributed by atoms with E-state index in [0.717, 1.165) is 38.5 Å². The van der Waals surface area contributed by atoms with Crippen LogP contribution in [0.4, 0.5) is 0 Å². The minimum atomic E-state index is 0.342. The molecule has 3 nitrogen and oxygen atoms in total. The van der Waals surface area contributed by atoms with Crippen LogP contribution in [0.3, 0.4) is 0 Å². The summed E-state index contributed by atoms with van der Waals surface area (Å²) in [6, 6.07) is 0. The number of ether oxygens (including phenoxy) is 1. The Morgan fingerprint density at radius 1 is 1.24 bits per heavy atom. The number of likely N-dealkylation sites (tertiary alicyclic amines) is 1. The van der Waals surface area contributed by atoms with Crippen molar-refractivity contribution in [2.24, 2.45) is 5.92 Å². The minimum Gasteiger partial charge on any atom is -0.378 e. The maximum atomic E-state index is 12.1. The van der Waals surface area contributed by atoms with E-state index in [2.05, 4.69) is 11.8 Å². The maximum Gasteiger partial charge on any atom is 0.222 e. The van der Waals surface area contributed by atoms with Gasteiger partial charge in [0.2, 0.25) is 5.91 Å². The molecule has 0 unspecified atom stereocenters. The lowest BCUT2D eigenvalue weighted by molar-refractivity contribution is -0.131. The Balaban J connectivity index is 1.70. The van der Waals surface area contributed by atoms with Crippen molar-refractivity contribution >= 4 is 5.91 Å². The Kier molecular flexibility index (Phi) is 4.84. The zero-order valence-electron chi connectivity index (χ0n) is 11.0. The van der Waals surface area contributed by atoms with Crippen LogP contribution in [-0.4, -0.2) is 36.6 Å². The quantitative estimate of drug-likeness (QED) is 0.757. The first kappa shape index (κ1) is 12.9. The zero-order valence-corrected chi connectivity index (χ0v) is 11.0. The van der Waals surface area contributed by atoms with Gasteiger partial charge in [-0.25, -0.2) is 0 Å². The smallest absolute Gasteiger partial charge is 0.222 e. The van der Waals surface area contributed by atoms with Gasteiger partial charge < -0.3 is 9.64 Å². The molecule has 2 saturated heterocycles. The highest BCUT2D eigenvalue weighted by atomic mass is 16.5. The number of rotatable bonds is 3. The molecule has 2 aliphatic heterocycles. The number of nitrogens with zero attached hydrogens (tertiary/aromatic N) is 1. The van der Waals surface area contributed by atoms with E-state index in [9.17, 15) is 4.79 Å². The van der Waals surface area contributed by atoms with Crippen molar-refractivity contribution in [3.8, 4) is 0 Å². The second-order valence-corrected chi connectivity index (χ2v) is 5.59. The predicted octanol–water partition coefficient (Wildman–Crippen LogP) is 2.59. The zero-order chi connectivity index (χ0) is 12.1. The third-order valence-electron chi connectivity index (χ3n) is 4.07. The van der Waals surface area contributed by atoms with Crippen LogP contribution >= 0.6 is 0 Å². The van der Waals surface area contributed by atoms with E-state index in [1.54, 1.807) is 0 Å². The van der Waals surface area contributed by atoms with Crippen molar-refractivity contribution in [3.63, 3.8) is 0 Å². The largest absolute Gasteiger partial charge is 0.378 e. The first-order valence-corrected chi connectivity index (χ1v) is 7.15. The van der Waals surface area contributed by atoms with Crippen LogP contribution in [-0.2, 0) is 9.53 Å². The number of hydrogen-bond acceptors (Lipinski definition) is 2. The Hall–Kier alpha value is -0.570. The lowest BCUT2D eigenvalue weighted by Crippen LogP contribution is -2.32. The highest BCUT2D eigenvalue weighted by Crippen LogP contribution is 2.20. The normalized spacial score (nSPS) is 30.3. The fourth-order valence-electron chi connectivity index (χ4n) is 2.83. The molecule has 0 radical (unpaired) electrons. The van der Waals surface area contributed by atoms with E-state index in [4.69, 9.17) is 4.74 Å². The van der Waals surface area contributed by atoms with E-state index in [1.807, 2.05) is 0 Å². The molecule has 0 N–H and O–H groups in total. The third kappa shape index (κ3) is 3.98. The molecule has 2 fully saturated rings. The molecule has 0 bridgehead atoms. The molecule has 0 aromatic heterocycles. The highest BCUT2D eigenvalue weighted by Gasteiger charge is 2.21. The summed E-state index contributed by atoms with van der Waals surface area (Å²) in [5.74, 6) is 1.13. The Morgan fingerprint density at radius 3 is 2.88 bits per heavy atom. The molecule has 0 saturated carbocycles. The lowest BCUT2D eigenvalue weighted by atomic mass is 10.0. The van der Waals surface area contributed by atoms with Gasteiger partial charge in [-0.15, -0.1) is 0 Å². The Bertz CT molecular complexity index is 249. The topological polar surface area (TPSA) is 29.5 Å². The monoisotopic (exact) mass is 239 g/mol. The molecule has 0 aromatic carbocycles. The van der Waals surface area contributed by atoms with Crippen LogP contribution in [0.2, 0.25) is 0 Å². The van der Waals surface area contributed by atoms with E-state index >= 15 is 0 Å². The molecule has 3 heteroatoms. The summed E-state index contributed by atoms with van der Waals surface area (Å²) < 4.78 is 5.56. The summed E-state index contributed by atoms with van der Waals surface area (Å²) in [5.41, 5.74) is 0. The molecule has 2 rings (SSSR count). The number of carbonyl (C=O) groups is 1. The van der Waals surface area contributed by atoms with Crippen molar-refractivity contribution in [1.82, 2.24) is 4.90 Å². The van der Waals surface area contributed by atoms with Gasteiger partial charge in [-0.05, 0) is 44.4 Å². The molecule has 0 spiro atoms. The van der Waals surface area contributed by atoms with Gasteiger partial charge in [0.05, 0.1) is 6.10 Å². The second kappa shape index (κ2) is 6.39. The van der Waals surface area contributed by atoms with E-state index in [0.29, 0.717) is 18.4 Å². The molecule has 0 aromatic rings. The molecule has 2 aliphatic rings. The Morgan fingerprint density at radius 2 is 2.12 bits per heavy atom. The van der Waals surface area contributed by atoms with Gasteiger partial charge in [-0.2, -0.15) is 0 Å². The lowest BCUT2D eigenvalue weighted by Gasteiger charge is -2.21. The van der Waals surface area contributed by atoms with Gasteiger partial charge >= 0.3 is 0 Å². The van der Waals surface area contributed by atoms with Gasteiger partial charge in [-0.1, -0.05) is 6.92 Å². The average molecular weight is 239 g/mol. The molecule has 1 amide bonds. The summed E-state index contributed by atoms with van der Waals surface area (Å²) in [6.45, 7) is 5.11. The maximum absolute atomic E-state index is 12.1. The van der Waals surface area contributed by atoms with Gasteiger partial charge in [-0.3, -0.25) is 4.79 Å². The number of amides is 1. The van der Waals surface area contributed by atoms with Crippen LogP contribution in [0.15, 0.2) is 0 Å². The van der Waals surface area contributed by atoms with Crippen molar-refractivity contribution in [3.05, 3.63) is 0 Å². The summed E-state index contributed by atoms with van der Waals surface area (Å²) in [7, 11) is 0. The standard InChI is InChI=1S/C14H25NO2/c1-12-4-2-9-15(10-8-12)14(16)7-6-13-5-3-11-17-13/h12-13H,2-11H2,1H3/t12-,13-/m1/s1. The van der Waals surface area contributed by atoms with Crippen LogP contribution in [0.1, 0.15) is 51.9 Å². The fourth-order valence-corrected chi connectivity index (χ4v) is 2.83. The van der Waals surface area contributed by atoms with E-state index < -0.39 is 0 Å². The average Bonchev–Trinajstić information content (AvgIpc) is 2.74. The van der Waals surface area contributed by atoms with Gasteiger partial charge in [0.1, 0.15) is 0 Å². The molecular weight excluding hydrogens is 214 g/mol. The molecular formula is C14H25NO2. The number of carbonyl (C=O) groups excluding carboxylic acids is 1. The molecule has 0 aliphatic carbocycles. The van der Waals surface area contributed by atoms with Crippen LogP contribution < -0.4 is 0 Å². The highest BCUT2D eigenvalue weighted by molar-refractivity contribution is 5.76. The molecule has 98 valence electrons. The molecule has 17 heavy (non-hydrogen) atoms. The first-order chi connectivity index (χ1) is 8.25. The SMILES string of the molecule is C[C@@H]1CCCN(C(=O)CC[C@H]2CCCO2)CC1. The second-order valence-electron chi connectivity index (χ2n) is 5.59.